The number of hydrogen-bond acceptors (Lipinski definition) is 2. The molecule has 0 saturated heterocycles. The molecular formula is C16H17NO2S. The van der Waals surface area contributed by atoms with Gasteiger partial charge in [-0.2, -0.15) is 0 Å². The summed E-state index contributed by atoms with van der Waals surface area (Å²) in [5, 5.41) is 0.937. The largest absolute Gasteiger partial charge is 0.248 e. The third kappa shape index (κ3) is 1.83. The summed E-state index contributed by atoms with van der Waals surface area (Å²) >= 11 is 0. The standard InChI is InChI=1S/C16H17NO2S/c1-13-6-5-10-16(2,12-13)20(18,19)17-11-9-14-7-3-4-8-15(14)17/h3-11H,12H2,1-2H3. The van der Waals surface area contributed by atoms with Gasteiger partial charge in [0.05, 0.1) is 5.52 Å². The molecule has 0 fully saturated rings. The SMILES string of the molecule is CC1=CC=CC(C)(S(=O)(=O)n2ccc3ccccc32)C1. The van der Waals surface area contributed by atoms with E-state index >= 15 is 0 Å². The molecule has 20 heavy (non-hydrogen) atoms. The second kappa shape index (κ2) is 4.35. The summed E-state index contributed by atoms with van der Waals surface area (Å²) < 4.78 is 26.5. The Morgan fingerprint density at radius 2 is 1.95 bits per heavy atom. The second-order valence-electron chi connectivity index (χ2n) is 5.54. The molecule has 1 aliphatic rings. The minimum Gasteiger partial charge on any atom is -0.244 e. The Bertz CT molecular complexity index is 827. The zero-order valence-corrected chi connectivity index (χ0v) is 12.4. The van der Waals surface area contributed by atoms with Crippen molar-refractivity contribution in [2.24, 2.45) is 0 Å². The number of para-hydroxylation sites is 1. The minimum absolute atomic E-state index is 0.526. The average molecular weight is 287 g/mol. The van der Waals surface area contributed by atoms with Crippen molar-refractivity contribution in [2.45, 2.75) is 25.0 Å². The van der Waals surface area contributed by atoms with Crippen LogP contribution in [0.15, 0.2) is 60.3 Å². The maximum absolute atomic E-state index is 13.0. The first-order valence-electron chi connectivity index (χ1n) is 6.60. The number of nitrogens with zero attached hydrogens (tertiary/aromatic N) is 1. The highest BCUT2D eigenvalue weighted by molar-refractivity contribution is 7.91. The smallest absolute Gasteiger partial charge is 0.244 e. The number of benzene rings is 1. The maximum atomic E-state index is 13.0. The van der Waals surface area contributed by atoms with E-state index < -0.39 is 14.8 Å². The Balaban J connectivity index is 2.18. The highest BCUT2D eigenvalue weighted by Crippen LogP contribution is 2.33. The molecule has 0 bridgehead atoms. The topological polar surface area (TPSA) is 39.1 Å². The van der Waals surface area contributed by atoms with Crippen molar-refractivity contribution in [2.75, 3.05) is 0 Å². The van der Waals surface area contributed by atoms with Crippen molar-refractivity contribution in [1.82, 2.24) is 3.97 Å². The Morgan fingerprint density at radius 3 is 2.70 bits per heavy atom. The van der Waals surface area contributed by atoms with Crippen molar-refractivity contribution in [3.63, 3.8) is 0 Å². The van der Waals surface area contributed by atoms with Gasteiger partial charge in [-0.3, -0.25) is 0 Å². The van der Waals surface area contributed by atoms with Gasteiger partial charge in [-0.15, -0.1) is 0 Å². The molecule has 0 aliphatic heterocycles. The van der Waals surface area contributed by atoms with Crippen molar-refractivity contribution >= 4 is 20.9 Å². The molecule has 0 radical (unpaired) electrons. The lowest BCUT2D eigenvalue weighted by molar-refractivity contribution is 0.551. The van der Waals surface area contributed by atoms with Gasteiger partial charge in [-0.1, -0.05) is 42.0 Å². The Kier molecular flexibility index (Phi) is 2.87. The lowest BCUT2D eigenvalue weighted by Crippen LogP contribution is -2.38. The van der Waals surface area contributed by atoms with Crippen LogP contribution in [0.5, 0.6) is 0 Å². The second-order valence-corrected chi connectivity index (χ2v) is 7.81. The van der Waals surface area contributed by atoms with Gasteiger partial charge in [0.15, 0.2) is 0 Å². The van der Waals surface area contributed by atoms with Crippen LogP contribution in [0.4, 0.5) is 0 Å². The van der Waals surface area contributed by atoms with Gasteiger partial charge >= 0.3 is 0 Å². The van der Waals surface area contributed by atoms with Gasteiger partial charge in [0, 0.05) is 11.6 Å². The third-order valence-electron chi connectivity index (χ3n) is 3.87. The number of allylic oxidation sites excluding steroid dienone is 3. The Morgan fingerprint density at radius 1 is 1.20 bits per heavy atom. The summed E-state index contributed by atoms with van der Waals surface area (Å²) in [7, 11) is -3.49. The molecule has 0 amide bonds. The molecule has 1 unspecified atom stereocenters. The number of hydrogen-bond donors (Lipinski definition) is 0. The molecule has 104 valence electrons. The van der Waals surface area contributed by atoms with Crippen molar-refractivity contribution in [1.29, 1.82) is 0 Å². The van der Waals surface area contributed by atoms with E-state index in [9.17, 15) is 8.42 Å². The van der Waals surface area contributed by atoms with Crippen LogP contribution in [0.3, 0.4) is 0 Å². The lowest BCUT2D eigenvalue weighted by atomic mass is 9.96. The first kappa shape index (κ1) is 13.2. The molecule has 1 aromatic heterocycles. The predicted molar refractivity (Wildman–Crippen MR) is 82.2 cm³/mol. The molecule has 4 heteroatoms. The highest BCUT2D eigenvalue weighted by atomic mass is 32.2. The van der Waals surface area contributed by atoms with E-state index in [1.165, 1.54) is 3.97 Å². The van der Waals surface area contributed by atoms with Crippen LogP contribution in [-0.2, 0) is 10.0 Å². The molecule has 0 N–H and O–H groups in total. The van der Waals surface area contributed by atoms with E-state index in [-0.39, 0.29) is 0 Å². The first-order valence-corrected chi connectivity index (χ1v) is 8.04. The quantitative estimate of drug-likeness (QED) is 0.848. The summed E-state index contributed by atoms with van der Waals surface area (Å²) in [6.07, 6.45) is 7.75. The van der Waals surface area contributed by atoms with E-state index in [1.54, 1.807) is 19.2 Å². The summed E-state index contributed by atoms with van der Waals surface area (Å²) in [5.41, 5.74) is 1.81. The average Bonchev–Trinajstić information content (AvgIpc) is 2.82. The van der Waals surface area contributed by atoms with Gasteiger partial charge in [-0.25, -0.2) is 12.4 Å². The fourth-order valence-electron chi connectivity index (χ4n) is 2.76. The number of rotatable bonds is 2. The van der Waals surface area contributed by atoms with Gasteiger partial charge < -0.3 is 0 Å². The molecule has 0 saturated carbocycles. The molecule has 1 atom stereocenters. The van der Waals surface area contributed by atoms with Crippen molar-refractivity contribution in [3.05, 3.63) is 60.3 Å². The van der Waals surface area contributed by atoms with Gasteiger partial charge in [0.1, 0.15) is 4.75 Å². The van der Waals surface area contributed by atoms with E-state index in [4.69, 9.17) is 0 Å². The lowest BCUT2D eigenvalue weighted by Gasteiger charge is -2.29. The normalized spacial score (nSPS) is 23.0. The predicted octanol–water partition coefficient (Wildman–Crippen LogP) is 3.48. The monoisotopic (exact) mass is 287 g/mol. The fourth-order valence-corrected chi connectivity index (χ4v) is 4.51. The molecular weight excluding hydrogens is 270 g/mol. The van der Waals surface area contributed by atoms with Crippen LogP contribution in [0.25, 0.3) is 10.9 Å². The van der Waals surface area contributed by atoms with Gasteiger partial charge in [0.2, 0.25) is 10.0 Å². The van der Waals surface area contributed by atoms with E-state index in [1.807, 2.05) is 49.4 Å². The molecule has 1 aliphatic carbocycles. The summed E-state index contributed by atoms with van der Waals surface area (Å²) in [4.78, 5) is 0. The van der Waals surface area contributed by atoms with Crippen LogP contribution in [-0.4, -0.2) is 17.1 Å². The zero-order chi connectivity index (χ0) is 14.4. The van der Waals surface area contributed by atoms with E-state index in [0.29, 0.717) is 6.42 Å². The Labute approximate surface area is 119 Å². The van der Waals surface area contributed by atoms with E-state index in [2.05, 4.69) is 0 Å². The molecule has 1 heterocycles. The summed E-state index contributed by atoms with van der Waals surface area (Å²) in [5.74, 6) is 0. The van der Waals surface area contributed by atoms with Crippen LogP contribution < -0.4 is 0 Å². The van der Waals surface area contributed by atoms with Crippen LogP contribution >= 0.6 is 0 Å². The van der Waals surface area contributed by atoms with Crippen LogP contribution in [0.2, 0.25) is 0 Å². The summed E-state index contributed by atoms with van der Waals surface area (Å²) in [6, 6.07) is 9.37. The van der Waals surface area contributed by atoms with Crippen molar-refractivity contribution in [3.8, 4) is 0 Å². The van der Waals surface area contributed by atoms with Crippen LogP contribution in [0.1, 0.15) is 20.3 Å². The third-order valence-corrected chi connectivity index (χ3v) is 6.17. The van der Waals surface area contributed by atoms with Gasteiger partial charge in [-0.05, 0) is 32.4 Å². The minimum atomic E-state index is -3.49. The van der Waals surface area contributed by atoms with E-state index in [0.717, 1.165) is 16.5 Å². The summed E-state index contributed by atoms with van der Waals surface area (Å²) in [6.45, 7) is 3.75. The fraction of sp³-hybridized carbons (Fsp3) is 0.250. The molecule has 3 rings (SSSR count). The highest BCUT2D eigenvalue weighted by Gasteiger charge is 2.39. The molecule has 2 aromatic rings. The van der Waals surface area contributed by atoms with Gasteiger partial charge in [0.25, 0.3) is 0 Å². The molecule has 1 aromatic carbocycles. The number of fused-ring (bicyclic) bond motifs is 1. The molecule has 3 nitrogen and oxygen atoms in total. The van der Waals surface area contributed by atoms with Crippen LogP contribution in [0, 0.1) is 0 Å². The number of aromatic nitrogens is 1. The first-order chi connectivity index (χ1) is 9.44. The zero-order valence-electron chi connectivity index (χ0n) is 11.6. The Hall–Kier alpha value is -1.81. The maximum Gasteiger partial charge on any atom is 0.248 e. The molecule has 0 spiro atoms. The van der Waals surface area contributed by atoms with Crippen molar-refractivity contribution < 1.29 is 8.42 Å².